The number of thiazole rings is 1. The van der Waals surface area contributed by atoms with E-state index in [1.54, 1.807) is 11.3 Å². The molecule has 0 saturated heterocycles. The number of aromatic nitrogens is 1. The summed E-state index contributed by atoms with van der Waals surface area (Å²) < 4.78 is 0. The van der Waals surface area contributed by atoms with Crippen molar-refractivity contribution >= 4 is 33.0 Å². The van der Waals surface area contributed by atoms with Gasteiger partial charge in [0, 0.05) is 17.3 Å². The van der Waals surface area contributed by atoms with Crippen LogP contribution in [0, 0.1) is 16.7 Å². The summed E-state index contributed by atoms with van der Waals surface area (Å²) in [6.45, 7) is 7.21. The van der Waals surface area contributed by atoms with Crippen molar-refractivity contribution in [1.29, 1.82) is 0 Å². The molecule has 5 rings (SSSR count). The van der Waals surface area contributed by atoms with Crippen molar-refractivity contribution in [2.45, 2.75) is 40.0 Å². The summed E-state index contributed by atoms with van der Waals surface area (Å²) in [6.07, 6.45) is 5.67. The molecule has 2 aliphatic rings. The van der Waals surface area contributed by atoms with Crippen molar-refractivity contribution in [3.63, 3.8) is 0 Å². The fourth-order valence-electron chi connectivity index (χ4n) is 5.01. The first kappa shape index (κ1) is 16.9. The summed E-state index contributed by atoms with van der Waals surface area (Å²) in [4.78, 5) is 5.72. The Kier molecular flexibility index (Phi) is 3.70. The van der Waals surface area contributed by atoms with Crippen LogP contribution in [0.15, 0.2) is 53.8 Å². The van der Waals surface area contributed by atoms with Crippen LogP contribution in [-0.2, 0) is 0 Å². The fourth-order valence-corrected chi connectivity index (χ4v) is 5.77. The smallest absolute Gasteiger partial charge is 0.203 e. The van der Waals surface area contributed by atoms with E-state index in [1.165, 1.54) is 39.8 Å². The highest BCUT2D eigenvalue weighted by Crippen LogP contribution is 2.63. The van der Waals surface area contributed by atoms with E-state index in [2.05, 4.69) is 73.6 Å². The first-order valence-corrected chi connectivity index (χ1v) is 10.6. The van der Waals surface area contributed by atoms with Crippen molar-refractivity contribution in [2.75, 3.05) is 5.43 Å². The van der Waals surface area contributed by atoms with E-state index in [-0.39, 0.29) is 5.41 Å². The number of anilines is 1. The SMILES string of the molecule is CC1(C)[C@@H]2CC[C@@]1(C)/C(=N/Nc1ncc(-c3ccc4ccccc4c3)s1)C2. The lowest BCUT2D eigenvalue weighted by molar-refractivity contribution is 0.194. The molecule has 2 aromatic carbocycles. The first-order valence-electron chi connectivity index (χ1n) is 9.75. The Labute approximate surface area is 164 Å². The maximum atomic E-state index is 4.82. The van der Waals surface area contributed by atoms with Gasteiger partial charge in [0.25, 0.3) is 0 Å². The number of hydrogen-bond donors (Lipinski definition) is 1. The molecule has 2 saturated carbocycles. The molecule has 3 aromatic rings. The highest BCUT2D eigenvalue weighted by molar-refractivity contribution is 7.18. The molecule has 3 nitrogen and oxygen atoms in total. The normalized spacial score (nSPS) is 27.5. The third-order valence-corrected chi connectivity index (χ3v) is 8.29. The van der Waals surface area contributed by atoms with Crippen molar-refractivity contribution in [1.82, 2.24) is 4.98 Å². The van der Waals surface area contributed by atoms with Crippen LogP contribution in [0.1, 0.15) is 40.0 Å². The van der Waals surface area contributed by atoms with E-state index < -0.39 is 0 Å². The number of nitrogens with one attached hydrogen (secondary N) is 1. The molecule has 2 atom stereocenters. The van der Waals surface area contributed by atoms with Crippen LogP contribution < -0.4 is 5.43 Å². The number of benzene rings is 2. The quantitative estimate of drug-likeness (QED) is 0.525. The second kappa shape index (κ2) is 5.90. The lowest BCUT2D eigenvalue weighted by Crippen LogP contribution is -2.32. The Bertz CT molecular complexity index is 1050. The Morgan fingerprint density at radius 3 is 2.67 bits per heavy atom. The molecule has 0 radical (unpaired) electrons. The van der Waals surface area contributed by atoms with Gasteiger partial charge in [0.2, 0.25) is 5.13 Å². The second-order valence-corrected chi connectivity index (χ2v) is 9.79. The van der Waals surface area contributed by atoms with Crippen molar-refractivity contribution in [3.05, 3.63) is 48.7 Å². The summed E-state index contributed by atoms with van der Waals surface area (Å²) in [5, 5.41) is 8.21. The van der Waals surface area contributed by atoms with Crippen LogP contribution >= 0.6 is 11.3 Å². The molecule has 2 fully saturated rings. The molecule has 0 unspecified atom stereocenters. The Morgan fingerprint density at radius 1 is 1.11 bits per heavy atom. The molecule has 0 spiro atoms. The molecule has 27 heavy (non-hydrogen) atoms. The van der Waals surface area contributed by atoms with Crippen LogP contribution in [0.3, 0.4) is 0 Å². The predicted molar refractivity (Wildman–Crippen MR) is 115 cm³/mol. The van der Waals surface area contributed by atoms with E-state index in [9.17, 15) is 0 Å². The lowest BCUT2D eigenvalue weighted by Gasteiger charge is -2.34. The van der Waals surface area contributed by atoms with Gasteiger partial charge in [-0.25, -0.2) is 4.98 Å². The highest BCUT2D eigenvalue weighted by Gasteiger charge is 2.59. The van der Waals surface area contributed by atoms with Gasteiger partial charge in [-0.15, -0.1) is 0 Å². The number of hydrazone groups is 1. The van der Waals surface area contributed by atoms with E-state index in [0.29, 0.717) is 5.41 Å². The van der Waals surface area contributed by atoms with Gasteiger partial charge >= 0.3 is 0 Å². The van der Waals surface area contributed by atoms with Gasteiger partial charge in [0.05, 0.1) is 4.88 Å². The molecule has 4 heteroatoms. The maximum Gasteiger partial charge on any atom is 0.203 e. The lowest BCUT2D eigenvalue weighted by atomic mass is 9.70. The van der Waals surface area contributed by atoms with Crippen molar-refractivity contribution in [3.8, 4) is 10.4 Å². The minimum absolute atomic E-state index is 0.225. The molecule has 1 aromatic heterocycles. The van der Waals surface area contributed by atoms with Gasteiger partial charge in [-0.2, -0.15) is 5.10 Å². The zero-order chi connectivity index (χ0) is 18.6. The van der Waals surface area contributed by atoms with Gasteiger partial charge < -0.3 is 0 Å². The molecular weight excluding hydrogens is 350 g/mol. The number of fused-ring (bicyclic) bond motifs is 3. The van der Waals surface area contributed by atoms with Crippen molar-refractivity contribution < 1.29 is 0 Å². The summed E-state index contributed by atoms with van der Waals surface area (Å²) in [5.74, 6) is 0.771. The van der Waals surface area contributed by atoms with E-state index in [4.69, 9.17) is 5.10 Å². The Hall–Kier alpha value is -2.20. The van der Waals surface area contributed by atoms with E-state index in [1.807, 2.05) is 6.20 Å². The fraction of sp³-hybridized carbons (Fsp3) is 0.391. The predicted octanol–water partition coefficient (Wildman–Crippen LogP) is 6.58. The van der Waals surface area contributed by atoms with Crippen LogP contribution in [0.4, 0.5) is 5.13 Å². The molecule has 0 aliphatic heterocycles. The highest BCUT2D eigenvalue weighted by atomic mass is 32.1. The van der Waals surface area contributed by atoms with E-state index in [0.717, 1.165) is 17.5 Å². The summed E-state index contributed by atoms with van der Waals surface area (Å²) >= 11 is 1.67. The minimum Gasteiger partial charge on any atom is -0.253 e. The molecular formula is C23H25N3S. The molecule has 0 amide bonds. The molecule has 1 N–H and O–H groups in total. The maximum absolute atomic E-state index is 4.82. The zero-order valence-electron chi connectivity index (χ0n) is 16.1. The van der Waals surface area contributed by atoms with Crippen molar-refractivity contribution in [2.24, 2.45) is 21.8 Å². The van der Waals surface area contributed by atoms with Gasteiger partial charge in [-0.1, -0.05) is 68.5 Å². The molecule has 2 bridgehead atoms. The number of hydrogen-bond acceptors (Lipinski definition) is 4. The van der Waals surface area contributed by atoms with Crippen LogP contribution in [0.25, 0.3) is 21.2 Å². The summed E-state index contributed by atoms with van der Waals surface area (Å²) in [6, 6.07) is 15.0. The monoisotopic (exact) mass is 375 g/mol. The van der Waals surface area contributed by atoms with Crippen LogP contribution in [0.2, 0.25) is 0 Å². The summed E-state index contributed by atoms with van der Waals surface area (Å²) in [5.41, 5.74) is 6.37. The van der Waals surface area contributed by atoms with Gasteiger partial charge in [-0.3, -0.25) is 5.43 Å². The molecule has 138 valence electrons. The van der Waals surface area contributed by atoms with Crippen LogP contribution in [-0.4, -0.2) is 10.7 Å². The molecule has 2 aliphatic carbocycles. The van der Waals surface area contributed by atoms with Gasteiger partial charge in [0.1, 0.15) is 0 Å². The van der Waals surface area contributed by atoms with E-state index >= 15 is 0 Å². The largest absolute Gasteiger partial charge is 0.253 e. The zero-order valence-corrected chi connectivity index (χ0v) is 16.9. The second-order valence-electron chi connectivity index (χ2n) is 8.76. The van der Waals surface area contributed by atoms with Gasteiger partial charge in [-0.05, 0) is 53.0 Å². The van der Waals surface area contributed by atoms with Crippen LogP contribution in [0.5, 0.6) is 0 Å². The Morgan fingerprint density at radius 2 is 1.93 bits per heavy atom. The molecule has 1 heterocycles. The summed E-state index contributed by atoms with van der Waals surface area (Å²) in [7, 11) is 0. The topological polar surface area (TPSA) is 37.3 Å². The van der Waals surface area contributed by atoms with Gasteiger partial charge in [0.15, 0.2) is 0 Å². The average Bonchev–Trinajstić information content (AvgIpc) is 3.28. The first-order chi connectivity index (χ1) is 13.0. The standard InChI is InChI=1S/C23H25N3S/c1-22(2)18-10-11-23(22,3)20(13-18)25-26-21-24-14-19(27-21)17-9-8-15-6-4-5-7-16(15)12-17/h4-9,12,14,18H,10-11,13H2,1-3H3,(H,24,26)/b25-20+/t18-,23+/m1/s1. The number of nitrogens with zero attached hydrogens (tertiary/aromatic N) is 2. The third-order valence-electron chi connectivity index (χ3n) is 7.34. The minimum atomic E-state index is 0.225. The third kappa shape index (κ3) is 2.53. The average molecular weight is 376 g/mol. The Balaban J connectivity index is 1.38. The number of rotatable bonds is 3.